The monoisotopic (exact) mass is 329 g/mol. The van der Waals surface area contributed by atoms with Gasteiger partial charge in [-0.05, 0) is 26.2 Å². The SMILES string of the molecule is CCNC(=NCCCC(=O)OCC)N1CCSC(C(C)C)C1. The summed E-state index contributed by atoms with van der Waals surface area (Å²) in [6, 6.07) is 0. The second kappa shape index (κ2) is 10.8. The summed E-state index contributed by atoms with van der Waals surface area (Å²) in [7, 11) is 0. The Labute approximate surface area is 139 Å². The summed E-state index contributed by atoms with van der Waals surface area (Å²) in [4.78, 5) is 18.4. The lowest BCUT2D eigenvalue weighted by atomic mass is 10.1. The van der Waals surface area contributed by atoms with E-state index in [1.807, 2.05) is 6.92 Å². The molecule has 1 unspecified atom stereocenters. The Morgan fingerprint density at radius 1 is 1.45 bits per heavy atom. The summed E-state index contributed by atoms with van der Waals surface area (Å²) in [5, 5.41) is 4.04. The minimum absolute atomic E-state index is 0.128. The molecule has 1 aliphatic heterocycles. The maximum Gasteiger partial charge on any atom is 0.305 e. The molecule has 0 aromatic carbocycles. The molecule has 0 bridgehead atoms. The van der Waals surface area contributed by atoms with Gasteiger partial charge in [-0.2, -0.15) is 11.8 Å². The van der Waals surface area contributed by atoms with E-state index in [-0.39, 0.29) is 5.97 Å². The van der Waals surface area contributed by atoms with E-state index >= 15 is 0 Å². The standard InChI is InChI=1S/C16H31N3O2S/c1-5-17-16(18-9-7-8-15(20)21-6-2)19-10-11-22-14(12-19)13(3)4/h13-14H,5-12H2,1-4H3,(H,17,18). The van der Waals surface area contributed by atoms with Gasteiger partial charge in [0.2, 0.25) is 0 Å². The third-order valence-electron chi connectivity index (χ3n) is 3.58. The van der Waals surface area contributed by atoms with Gasteiger partial charge in [-0.1, -0.05) is 13.8 Å². The van der Waals surface area contributed by atoms with Crippen molar-refractivity contribution in [2.24, 2.45) is 10.9 Å². The van der Waals surface area contributed by atoms with Crippen LogP contribution in [0.2, 0.25) is 0 Å². The summed E-state index contributed by atoms with van der Waals surface area (Å²) in [5.74, 6) is 2.68. The number of guanidine groups is 1. The number of hydrogen-bond donors (Lipinski definition) is 1. The highest BCUT2D eigenvalue weighted by Gasteiger charge is 2.24. The Morgan fingerprint density at radius 2 is 2.23 bits per heavy atom. The summed E-state index contributed by atoms with van der Waals surface area (Å²) in [6.45, 7) is 12.6. The van der Waals surface area contributed by atoms with Crippen molar-refractivity contribution in [1.82, 2.24) is 10.2 Å². The number of esters is 1. The van der Waals surface area contributed by atoms with E-state index in [1.54, 1.807) is 0 Å². The average Bonchev–Trinajstić information content (AvgIpc) is 2.50. The van der Waals surface area contributed by atoms with E-state index in [0.717, 1.165) is 37.8 Å². The lowest BCUT2D eigenvalue weighted by Gasteiger charge is -2.36. The number of rotatable bonds is 7. The Balaban J connectivity index is 2.49. The van der Waals surface area contributed by atoms with Gasteiger partial charge in [0.15, 0.2) is 5.96 Å². The van der Waals surface area contributed by atoms with Crippen LogP contribution in [0.15, 0.2) is 4.99 Å². The fraction of sp³-hybridized carbons (Fsp3) is 0.875. The first kappa shape index (κ1) is 19.1. The van der Waals surface area contributed by atoms with Gasteiger partial charge >= 0.3 is 5.97 Å². The minimum atomic E-state index is -0.128. The van der Waals surface area contributed by atoms with E-state index in [0.29, 0.717) is 30.7 Å². The highest BCUT2D eigenvalue weighted by atomic mass is 32.2. The van der Waals surface area contributed by atoms with Crippen LogP contribution in [0.3, 0.4) is 0 Å². The molecule has 1 heterocycles. The molecule has 0 aromatic rings. The average molecular weight is 330 g/mol. The minimum Gasteiger partial charge on any atom is -0.466 e. The molecule has 1 rings (SSSR count). The third kappa shape index (κ3) is 6.90. The zero-order chi connectivity index (χ0) is 16.4. The predicted molar refractivity (Wildman–Crippen MR) is 94.5 cm³/mol. The van der Waals surface area contributed by atoms with Crippen molar-refractivity contribution in [2.45, 2.75) is 45.8 Å². The zero-order valence-electron chi connectivity index (χ0n) is 14.4. The summed E-state index contributed by atoms with van der Waals surface area (Å²) in [6.07, 6.45) is 1.19. The van der Waals surface area contributed by atoms with Crippen molar-refractivity contribution in [3.63, 3.8) is 0 Å². The maximum atomic E-state index is 11.3. The van der Waals surface area contributed by atoms with Crippen LogP contribution in [0.5, 0.6) is 0 Å². The first-order chi connectivity index (χ1) is 10.6. The number of nitrogens with one attached hydrogen (secondary N) is 1. The number of carbonyl (C=O) groups excluding carboxylic acids is 1. The van der Waals surface area contributed by atoms with Crippen LogP contribution in [-0.2, 0) is 9.53 Å². The Kier molecular flexibility index (Phi) is 9.36. The summed E-state index contributed by atoms with van der Waals surface area (Å²) < 4.78 is 4.94. The Hall–Kier alpha value is -0.910. The van der Waals surface area contributed by atoms with Crippen LogP contribution >= 0.6 is 11.8 Å². The molecule has 5 nitrogen and oxygen atoms in total. The lowest BCUT2D eigenvalue weighted by molar-refractivity contribution is -0.143. The van der Waals surface area contributed by atoms with Crippen molar-refractivity contribution in [3.05, 3.63) is 0 Å². The first-order valence-corrected chi connectivity index (χ1v) is 9.43. The number of ether oxygens (including phenoxy) is 1. The molecule has 6 heteroatoms. The topological polar surface area (TPSA) is 53.9 Å². The van der Waals surface area contributed by atoms with Crippen molar-refractivity contribution in [3.8, 4) is 0 Å². The quantitative estimate of drug-likeness (QED) is 0.336. The number of hydrogen-bond acceptors (Lipinski definition) is 4. The number of thioether (sulfide) groups is 1. The molecule has 22 heavy (non-hydrogen) atoms. The van der Waals surface area contributed by atoms with Crippen molar-refractivity contribution < 1.29 is 9.53 Å². The lowest BCUT2D eigenvalue weighted by Crippen LogP contribution is -2.49. The molecule has 1 aliphatic rings. The van der Waals surface area contributed by atoms with E-state index in [2.05, 4.69) is 47.7 Å². The largest absolute Gasteiger partial charge is 0.466 e. The molecular weight excluding hydrogens is 298 g/mol. The van der Waals surface area contributed by atoms with Crippen LogP contribution in [0.1, 0.15) is 40.5 Å². The van der Waals surface area contributed by atoms with Gasteiger partial charge in [0.25, 0.3) is 0 Å². The van der Waals surface area contributed by atoms with E-state index in [1.165, 1.54) is 0 Å². The second-order valence-electron chi connectivity index (χ2n) is 5.74. The van der Waals surface area contributed by atoms with Gasteiger partial charge in [0.1, 0.15) is 0 Å². The van der Waals surface area contributed by atoms with Crippen LogP contribution in [-0.4, -0.2) is 60.6 Å². The molecule has 1 atom stereocenters. The van der Waals surface area contributed by atoms with Gasteiger partial charge < -0.3 is 15.0 Å². The van der Waals surface area contributed by atoms with Crippen LogP contribution in [0.4, 0.5) is 0 Å². The molecule has 128 valence electrons. The number of nitrogens with zero attached hydrogens (tertiary/aromatic N) is 2. The molecular formula is C16H31N3O2S. The fourth-order valence-corrected chi connectivity index (χ4v) is 3.64. The molecule has 0 aromatic heterocycles. The van der Waals surface area contributed by atoms with Crippen LogP contribution in [0, 0.1) is 5.92 Å². The van der Waals surface area contributed by atoms with Crippen molar-refractivity contribution in [2.75, 3.05) is 38.5 Å². The molecule has 0 spiro atoms. The Bertz CT molecular complexity index is 361. The van der Waals surface area contributed by atoms with Crippen LogP contribution < -0.4 is 5.32 Å². The molecule has 1 saturated heterocycles. The second-order valence-corrected chi connectivity index (χ2v) is 7.09. The molecule has 0 amide bonds. The predicted octanol–water partition coefficient (Wildman–Crippen LogP) is 2.37. The summed E-state index contributed by atoms with van der Waals surface area (Å²) in [5.41, 5.74) is 0. The van der Waals surface area contributed by atoms with E-state index in [9.17, 15) is 4.79 Å². The van der Waals surface area contributed by atoms with E-state index in [4.69, 9.17) is 4.74 Å². The Morgan fingerprint density at radius 3 is 2.86 bits per heavy atom. The number of carbonyl (C=O) groups is 1. The molecule has 1 fully saturated rings. The summed E-state index contributed by atoms with van der Waals surface area (Å²) >= 11 is 2.06. The van der Waals surface area contributed by atoms with Gasteiger partial charge in [0.05, 0.1) is 6.61 Å². The molecule has 0 aliphatic carbocycles. The van der Waals surface area contributed by atoms with Gasteiger partial charge in [-0.25, -0.2) is 0 Å². The molecule has 0 radical (unpaired) electrons. The van der Waals surface area contributed by atoms with Gasteiger partial charge in [0, 0.05) is 43.6 Å². The highest BCUT2D eigenvalue weighted by Crippen LogP contribution is 2.24. The van der Waals surface area contributed by atoms with Crippen LogP contribution in [0.25, 0.3) is 0 Å². The molecule has 0 saturated carbocycles. The molecule has 1 N–H and O–H groups in total. The first-order valence-electron chi connectivity index (χ1n) is 8.38. The zero-order valence-corrected chi connectivity index (χ0v) is 15.2. The normalized spacial score (nSPS) is 19.4. The smallest absolute Gasteiger partial charge is 0.305 e. The van der Waals surface area contributed by atoms with Gasteiger partial charge in [-0.3, -0.25) is 9.79 Å². The third-order valence-corrected chi connectivity index (χ3v) is 5.12. The van der Waals surface area contributed by atoms with Crippen molar-refractivity contribution in [1.29, 1.82) is 0 Å². The van der Waals surface area contributed by atoms with Gasteiger partial charge in [-0.15, -0.1) is 0 Å². The maximum absolute atomic E-state index is 11.3. The number of aliphatic imine (C=N–C) groups is 1. The van der Waals surface area contributed by atoms with E-state index < -0.39 is 0 Å². The fourth-order valence-electron chi connectivity index (χ4n) is 2.34. The highest BCUT2D eigenvalue weighted by molar-refractivity contribution is 8.00. The van der Waals surface area contributed by atoms with Crippen molar-refractivity contribution >= 4 is 23.7 Å².